The lowest BCUT2D eigenvalue weighted by atomic mass is 9.53. The summed E-state index contributed by atoms with van der Waals surface area (Å²) < 4.78 is 28.8. The SMILES string of the molecule is [2H]OC1C=C[C@@]2([2H])[C@H]3Cc4ccc(OC)c5c4[C@@]2(CCN3C)C1O5. The first-order valence-corrected chi connectivity index (χ1v) is 7.95. The molecule has 5 rings (SSSR count). The number of rotatable bonds is 2. The maximum Gasteiger partial charge on any atom is 0.211 e. The number of hydrogen-bond acceptors (Lipinski definition) is 4. The number of aliphatic hydroxyl groups excluding tert-OH is 1. The number of piperidine rings is 1. The molecular weight excluding hydrogens is 278 g/mol. The van der Waals surface area contributed by atoms with Gasteiger partial charge in [0.25, 0.3) is 0 Å². The van der Waals surface area contributed by atoms with Gasteiger partial charge in [-0.2, -0.15) is 0 Å². The van der Waals surface area contributed by atoms with Crippen LogP contribution in [-0.4, -0.2) is 50.4 Å². The van der Waals surface area contributed by atoms with Crippen LogP contribution in [0.1, 0.15) is 18.9 Å². The van der Waals surface area contributed by atoms with Crippen LogP contribution in [0.15, 0.2) is 24.3 Å². The molecule has 1 aromatic carbocycles. The van der Waals surface area contributed by atoms with E-state index < -0.39 is 17.4 Å². The van der Waals surface area contributed by atoms with E-state index in [1.54, 1.807) is 7.11 Å². The molecule has 2 aliphatic heterocycles. The maximum absolute atomic E-state index is 9.43. The Kier molecular flexibility index (Phi) is 2.05. The lowest BCUT2D eigenvalue weighted by Gasteiger charge is -2.56. The molecule has 0 amide bonds. The summed E-state index contributed by atoms with van der Waals surface area (Å²) in [6.07, 6.45) is 4.66. The van der Waals surface area contributed by atoms with Crippen LogP contribution in [0.25, 0.3) is 0 Å². The Labute approximate surface area is 133 Å². The van der Waals surface area contributed by atoms with Crippen molar-refractivity contribution < 1.29 is 16.0 Å². The Morgan fingerprint density at radius 2 is 2.41 bits per heavy atom. The molecule has 4 aliphatic rings. The average molecular weight is 301 g/mol. The summed E-state index contributed by atoms with van der Waals surface area (Å²) in [4.78, 5) is 2.30. The average Bonchev–Trinajstić information content (AvgIpc) is 2.93. The van der Waals surface area contributed by atoms with Crippen molar-refractivity contribution in [1.29, 1.82) is 1.43 Å². The lowest BCUT2D eigenvalue weighted by Crippen LogP contribution is -2.64. The molecule has 5 atom stereocenters. The first-order chi connectivity index (χ1) is 11.6. The van der Waals surface area contributed by atoms with Gasteiger partial charge in [0, 0.05) is 24.3 Å². The molecule has 22 heavy (non-hydrogen) atoms. The highest BCUT2D eigenvalue weighted by Crippen LogP contribution is 2.62. The van der Waals surface area contributed by atoms with Gasteiger partial charge in [-0.15, -0.1) is 0 Å². The molecule has 2 heterocycles. The lowest BCUT2D eigenvalue weighted by molar-refractivity contribution is -0.0453. The standard InChI is InChI=1S/C18H21NO3/c1-19-8-7-18-11-4-5-13(20)17(18)22-16-14(21-2)6-3-10(15(16)18)9-12(11)19/h3-6,11-13,17,20H,7-9H2,1-2H3/t11-,12+,13?,17?,18-/m0/s1/i11D,20D. The second kappa shape index (κ2) is 4.06. The Balaban J connectivity index is 1.85. The van der Waals surface area contributed by atoms with E-state index in [-0.39, 0.29) is 12.1 Å². The smallest absolute Gasteiger partial charge is 0.211 e. The number of likely N-dealkylation sites (N-methyl/N-ethyl adjacent to an activating group) is 1. The zero-order valence-corrected chi connectivity index (χ0v) is 12.8. The predicted molar refractivity (Wildman–Crippen MR) is 82.5 cm³/mol. The first-order valence-electron chi connectivity index (χ1n) is 8.86. The molecule has 0 radical (unpaired) electrons. The number of aliphatic hydroxyl groups is 1. The predicted octanol–water partition coefficient (Wildman–Crippen LogP) is 1.50. The number of likely N-dealkylation sites (tertiary alicyclic amines) is 1. The minimum atomic E-state index is -0.774. The summed E-state index contributed by atoms with van der Waals surface area (Å²) in [5, 5.41) is 4.98. The summed E-state index contributed by atoms with van der Waals surface area (Å²) in [7, 11) is 3.75. The van der Waals surface area contributed by atoms with Crippen LogP contribution >= 0.6 is 0 Å². The van der Waals surface area contributed by atoms with E-state index >= 15 is 0 Å². The fourth-order valence-corrected chi connectivity index (χ4v) is 5.06. The monoisotopic (exact) mass is 301 g/mol. The Morgan fingerprint density at radius 1 is 1.50 bits per heavy atom. The zero-order chi connectivity index (χ0) is 16.7. The van der Waals surface area contributed by atoms with Gasteiger partial charge < -0.3 is 19.5 Å². The molecule has 0 aromatic heterocycles. The summed E-state index contributed by atoms with van der Waals surface area (Å²) in [5.74, 6) is 0.691. The molecule has 4 heteroatoms. The van der Waals surface area contributed by atoms with Gasteiger partial charge in [-0.1, -0.05) is 18.2 Å². The van der Waals surface area contributed by atoms with Crippen LogP contribution in [0.3, 0.4) is 0 Å². The summed E-state index contributed by atoms with van der Waals surface area (Å²) in [5.41, 5.74) is 1.90. The van der Waals surface area contributed by atoms with Crippen LogP contribution in [0.5, 0.6) is 11.5 Å². The van der Waals surface area contributed by atoms with Gasteiger partial charge in [-0.05, 0) is 38.1 Å². The molecule has 1 spiro atoms. The highest BCUT2D eigenvalue weighted by atomic mass is 16.5. The molecular formula is C18H21NO3. The number of benzene rings is 1. The molecule has 2 unspecified atom stereocenters. The van der Waals surface area contributed by atoms with Crippen molar-refractivity contribution in [2.75, 3.05) is 20.7 Å². The summed E-state index contributed by atoms with van der Waals surface area (Å²) in [6, 6.07) is 4.18. The van der Waals surface area contributed by atoms with E-state index in [2.05, 4.69) is 18.0 Å². The van der Waals surface area contributed by atoms with Gasteiger partial charge in [0.2, 0.25) is 1.43 Å². The van der Waals surface area contributed by atoms with Crippen molar-refractivity contribution in [2.45, 2.75) is 36.5 Å². The second-order valence-electron chi connectivity index (χ2n) is 6.87. The van der Waals surface area contributed by atoms with Gasteiger partial charge in [0.05, 0.1) is 7.11 Å². The molecule has 1 saturated heterocycles. The van der Waals surface area contributed by atoms with Gasteiger partial charge in [0.15, 0.2) is 11.5 Å². The number of methoxy groups -OCH3 is 1. The van der Waals surface area contributed by atoms with Crippen LogP contribution in [-0.2, 0) is 11.8 Å². The van der Waals surface area contributed by atoms with Gasteiger partial charge in [-0.3, -0.25) is 0 Å². The highest BCUT2D eigenvalue weighted by molar-refractivity contribution is 5.62. The molecule has 2 aliphatic carbocycles. The Hall–Kier alpha value is -1.52. The van der Waals surface area contributed by atoms with E-state index in [4.69, 9.17) is 16.0 Å². The van der Waals surface area contributed by atoms with Crippen LogP contribution in [0, 0.1) is 5.89 Å². The molecule has 2 bridgehead atoms. The van der Waals surface area contributed by atoms with Crippen LogP contribution in [0.4, 0.5) is 0 Å². The number of nitrogens with zero attached hydrogens (tertiary/aromatic N) is 1. The quantitative estimate of drug-likeness (QED) is 0.841. The first kappa shape index (κ1) is 11.1. The van der Waals surface area contributed by atoms with Crippen molar-refractivity contribution in [2.24, 2.45) is 5.89 Å². The minimum Gasteiger partial charge on any atom is -0.493 e. The maximum atomic E-state index is 9.43. The third-order valence-corrected chi connectivity index (χ3v) is 6.05. The van der Waals surface area contributed by atoms with Crippen molar-refractivity contribution >= 4 is 0 Å². The fourth-order valence-electron chi connectivity index (χ4n) is 5.06. The third-order valence-electron chi connectivity index (χ3n) is 6.05. The van der Waals surface area contributed by atoms with Crippen molar-refractivity contribution in [3.05, 3.63) is 35.4 Å². The van der Waals surface area contributed by atoms with E-state index in [0.29, 0.717) is 5.75 Å². The van der Waals surface area contributed by atoms with E-state index in [1.807, 2.05) is 18.2 Å². The third kappa shape index (κ3) is 1.28. The molecule has 1 fully saturated rings. The van der Waals surface area contributed by atoms with Gasteiger partial charge >= 0.3 is 0 Å². The molecule has 116 valence electrons. The molecule has 1 N–H and O–H groups in total. The van der Waals surface area contributed by atoms with Gasteiger partial charge in [0.1, 0.15) is 12.2 Å². The second-order valence-corrected chi connectivity index (χ2v) is 6.87. The Bertz CT molecular complexity index is 754. The summed E-state index contributed by atoms with van der Waals surface area (Å²) in [6.45, 7) is 0.916. The molecule has 0 saturated carbocycles. The molecule has 4 nitrogen and oxygen atoms in total. The van der Waals surface area contributed by atoms with Crippen LogP contribution < -0.4 is 9.47 Å². The number of hydrogen-bond donors (Lipinski definition) is 1. The van der Waals surface area contributed by atoms with Gasteiger partial charge in [-0.25, -0.2) is 0 Å². The normalized spacial score (nSPS) is 45.6. The van der Waals surface area contributed by atoms with E-state index in [1.165, 1.54) is 5.56 Å². The zero-order valence-electron chi connectivity index (χ0n) is 14.8. The highest BCUT2D eigenvalue weighted by Gasteiger charge is 2.64. The largest absolute Gasteiger partial charge is 0.493 e. The van der Waals surface area contributed by atoms with Crippen molar-refractivity contribution in [1.82, 2.24) is 4.90 Å². The van der Waals surface area contributed by atoms with Crippen LogP contribution in [0.2, 0.25) is 0 Å². The summed E-state index contributed by atoms with van der Waals surface area (Å²) >= 11 is 0. The molecule has 1 aromatic rings. The van der Waals surface area contributed by atoms with E-state index in [9.17, 15) is 1.37 Å². The van der Waals surface area contributed by atoms with E-state index in [0.717, 1.165) is 30.7 Å². The van der Waals surface area contributed by atoms with Crippen molar-refractivity contribution in [3.8, 4) is 11.5 Å². The number of ether oxygens (including phenoxy) is 2. The topological polar surface area (TPSA) is 41.9 Å². The Morgan fingerprint density at radius 3 is 3.23 bits per heavy atom. The van der Waals surface area contributed by atoms with Crippen molar-refractivity contribution in [3.63, 3.8) is 0 Å². The minimum absolute atomic E-state index is 0.104. The fraction of sp³-hybridized carbons (Fsp3) is 0.556.